The highest BCUT2D eigenvalue weighted by molar-refractivity contribution is 5.60. The van der Waals surface area contributed by atoms with Crippen molar-refractivity contribution in [3.63, 3.8) is 0 Å². The van der Waals surface area contributed by atoms with Gasteiger partial charge in [0.25, 0.3) is 0 Å². The molecule has 1 aliphatic heterocycles. The van der Waals surface area contributed by atoms with Crippen molar-refractivity contribution in [1.29, 1.82) is 0 Å². The van der Waals surface area contributed by atoms with E-state index in [1.807, 2.05) is 0 Å². The van der Waals surface area contributed by atoms with Gasteiger partial charge in [0.1, 0.15) is 6.10 Å². The summed E-state index contributed by atoms with van der Waals surface area (Å²) in [6.45, 7) is 0.567. The minimum absolute atomic E-state index is 0.0159. The maximum atomic E-state index is 5.50. The molecule has 0 bridgehead atoms. The first-order valence-electron chi connectivity index (χ1n) is 7.28. The van der Waals surface area contributed by atoms with Crippen LogP contribution in [0.15, 0.2) is 48.5 Å². The van der Waals surface area contributed by atoms with Crippen molar-refractivity contribution < 1.29 is 9.47 Å². The molecule has 1 N–H and O–H groups in total. The second-order valence-corrected chi connectivity index (χ2v) is 5.41. The van der Waals surface area contributed by atoms with Crippen molar-refractivity contribution >= 4 is 5.69 Å². The van der Waals surface area contributed by atoms with Gasteiger partial charge in [0.2, 0.25) is 0 Å². The summed E-state index contributed by atoms with van der Waals surface area (Å²) in [5.41, 5.74) is 5.05. The van der Waals surface area contributed by atoms with Gasteiger partial charge >= 0.3 is 0 Å². The summed E-state index contributed by atoms with van der Waals surface area (Å²) in [6, 6.07) is 17.5. The molecule has 0 fully saturated rings. The lowest BCUT2D eigenvalue weighted by molar-refractivity contribution is 0.0275. The minimum Gasteiger partial charge on any atom is -0.382 e. The van der Waals surface area contributed by atoms with Crippen LogP contribution in [0.25, 0.3) is 0 Å². The third kappa shape index (κ3) is 2.94. The Morgan fingerprint density at radius 3 is 2.67 bits per heavy atom. The lowest BCUT2D eigenvalue weighted by Crippen LogP contribution is -2.09. The number of hydrogen-bond acceptors (Lipinski definition) is 3. The number of anilines is 1. The highest BCUT2D eigenvalue weighted by Gasteiger charge is 2.23. The second kappa shape index (κ2) is 6.29. The molecule has 1 heterocycles. The molecule has 2 unspecified atom stereocenters. The van der Waals surface area contributed by atoms with Crippen LogP contribution in [0, 0.1) is 0 Å². The normalized spacial score (nSPS) is 18.1. The van der Waals surface area contributed by atoms with Crippen molar-refractivity contribution in [2.45, 2.75) is 18.6 Å². The van der Waals surface area contributed by atoms with Gasteiger partial charge in [-0.2, -0.15) is 0 Å². The van der Waals surface area contributed by atoms with Gasteiger partial charge in [-0.15, -0.1) is 0 Å². The molecule has 0 saturated heterocycles. The van der Waals surface area contributed by atoms with Gasteiger partial charge in [-0.3, -0.25) is 0 Å². The summed E-state index contributed by atoms with van der Waals surface area (Å²) in [4.78, 5) is 0. The van der Waals surface area contributed by atoms with E-state index in [1.54, 1.807) is 14.2 Å². The Morgan fingerprint density at radius 2 is 1.95 bits per heavy atom. The van der Waals surface area contributed by atoms with E-state index in [1.165, 1.54) is 16.8 Å². The van der Waals surface area contributed by atoms with Crippen LogP contribution in [0.3, 0.4) is 0 Å². The molecule has 0 aliphatic carbocycles. The molecule has 3 heteroatoms. The average Bonchev–Trinajstić information content (AvgIpc) is 2.96. The minimum atomic E-state index is -0.0159. The van der Waals surface area contributed by atoms with E-state index in [0.717, 1.165) is 12.0 Å². The van der Waals surface area contributed by atoms with Crippen LogP contribution in [-0.2, 0) is 15.9 Å². The zero-order valence-corrected chi connectivity index (χ0v) is 12.5. The van der Waals surface area contributed by atoms with Gasteiger partial charge in [0, 0.05) is 19.9 Å². The van der Waals surface area contributed by atoms with E-state index in [2.05, 4.69) is 53.8 Å². The number of fused-ring (bicyclic) bond motifs is 1. The zero-order valence-electron chi connectivity index (χ0n) is 12.5. The molecule has 2 atom stereocenters. The predicted octanol–water partition coefficient (Wildman–Crippen LogP) is 3.73. The van der Waals surface area contributed by atoms with Crippen molar-refractivity contribution in [1.82, 2.24) is 0 Å². The van der Waals surface area contributed by atoms with Gasteiger partial charge in [-0.05, 0) is 29.2 Å². The predicted molar refractivity (Wildman–Crippen MR) is 84.6 cm³/mol. The second-order valence-electron chi connectivity index (χ2n) is 5.41. The Morgan fingerprint density at radius 1 is 1.14 bits per heavy atom. The number of ether oxygens (including phenoxy) is 2. The van der Waals surface area contributed by atoms with E-state index in [4.69, 9.17) is 9.47 Å². The Hall–Kier alpha value is -1.84. The van der Waals surface area contributed by atoms with Crippen molar-refractivity contribution in [3.8, 4) is 0 Å². The summed E-state index contributed by atoms with van der Waals surface area (Å²) in [5, 5.41) is 3.62. The molecular weight excluding hydrogens is 262 g/mol. The first-order chi connectivity index (χ1) is 10.3. The Kier molecular flexibility index (Phi) is 4.23. The zero-order chi connectivity index (χ0) is 14.7. The number of rotatable bonds is 5. The fourth-order valence-corrected chi connectivity index (χ4v) is 2.90. The first-order valence-corrected chi connectivity index (χ1v) is 7.28. The van der Waals surface area contributed by atoms with Crippen LogP contribution >= 0.6 is 0 Å². The molecule has 3 rings (SSSR count). The summed E-state index contributed by atoms with van der Waals surface area (Å²) >= 11 is 0. The highest BCUT2D eigenvalue weighted by atomic mass is 16.5. The van der Waals surface area contributed by atoms with E-state index in [9.17, 15) is 0 Å². The molecule has 110 valence electrons. The lowest BCUT2D eigenvalue weighted by Gasteiger charge is -2.16. The van der Waals surface area contributed by atoms with Gasteiger partial charge in [0.15, 0.2) is 0 Å². The molecule has 0 saturated carbocycles. The summed E-state index contributed by atoms with van der Waals surface area (Å²) < 4.78 is 10.7. The maximum Gasteiger partial charge on any atom is 0.105 e. The standard InChI is InChI=1S/C18H21NO2/c1-20-12-18(21-2)15-9-8-14-10-16(19-17(14)11-15)13-6-4-3-5-7-13/h3-9,11,16,18-19H,10,12H2,1-2H3. The fourth-order valence-electron chi connectivity index (χ4n) is 2.90. The first kappa shape index (κ1) is 14.1. The molecule has 2 aromatic carbocycles. The summed E-state index contributed by atoms with van der Waals surface area (Å²) in [6.07, 6.45) is 1.01. The quantitative estimate of drug-likeness (QED) is 0.907. The number of nitrogens with one attached hydrogen (secondary N) is 1. The van der Waals surface area contributed by atoms with Crippen LogP contribution < -0.4 is 5.32 Å². The highest BCUT2D eigenvalue weighted by Crippen LogP contribution is 2.36. The molecule has 0 aromatic heterocycles. The van der Waals surface area contributed by atoms with E-state index in [0.29, 0.717) is 12.6 Å². The Bertz CT molecular complexity index is 597. The van der Waals surface area contributed by atoms with Gasteiger partial charge in [-0.1, -0.05) is 42.5 Å². The topological polar surface area (TPSA) is 30.5 Å². The van der Waals surface area contributed by atoms with Crippen LogP contribution in [0.2, 0.25) is 0 Å². The number of hydrogen-bond donors (Lipinski definition) is 1. The number of benzene rings is 2. The Labute approximate surface area is 125 Å². The number of methoxy groups -OCH3 is 2. The van der Waals surface area contributed by atoms with Crippen molar-refractivity contribution in [2.24, 2.45) is 0 Å². The summed E-state index contributed by atoms with van der Waals surface area (Å²) in [7, 11) is 3.42. The molecule has 0 radical (unpaired) electrons. The average molecular weight is 283 g/mol. The van der Waals surface area contributed by atoms with Gasteiger partial charge < -0.3 is 14.8 Å². The molecular formula is C18H21NO2. The SMILES string of the molecule is COCC(OC)c1ccc2c(c1)NC(c1ccccc1)C2. The van der Waals surface area contributed by atoms with Crippen LogP contribution in [0.1, 0.15) is 28.8 Å². The monoisotopic (exact) mass is 283 g/mol. The molecule has 3 nitrogen and oxygen atoms in total. The van der Waals surface area contributed by atoms with Crippen LogP contribution in [-0.4, -0.2) is 20.8 Å². The molecule has 1 aliphatic rings. The third-order valence-electron chi connectivity index (χ3n) is 4.06. The maximum absolute atomic E-state index is 5.50. The van der Waals surface area contributed by atoms with Gasteiger partial charge in [-0.25, -0.2) is 0 Å². The van der Waals surface area contributed by atoms with E-state index < -0.39 is 0 Å². The van der Waals surface area contributed by atoms with Crippen molar-refractivity contribution in [3.05, 3.63) is 65.2 Å². The van der Waals surface area contributed by atoms with Gasteiger partial charge in [0.05, 0.1) is 12.6 Å². The largest absolute Gasteiger partial charge is 0.382 e. The van der Waals surface area contributed by atoms with Crippen molar-refractivity contribution in [2.75, 3.05) is 26.1 Å². The summed E-state index contributed by atoms with van der Waals surface area (Å²) in [5.74, 6) is 0. The molecule has 2 aromatic rings. The molecule has 21 heavy (non-hydrogen) atoms. The Balaban J connectivity index is 1.81. The third-order valence-corrected chi connectivity index (χ3v) is 4.06. The van der Waals surface area contributed by atoms with Crippen LogP contribution in [0.5, 0.6) is 0 Å². The van der Waals surface area contributed by atoms with E-state index in [-0.39, 0.29) is 6.10 Å². The lowest BCUT2D eigenvalue weighted by atomic mass is 10.0. The fraction of sp³-hybridized carbons (Fsp3) is 0.333. The molecule has 0 spiro atoms. The van der Waals surface area contributed by atoms with E-state index >= 15 is 0 Å². The smallest absolute Gasteiger partial charge is 0.105 e. The molecule has 0 amide bonds. The van der Waals surface area contributed by atoms with Crippen LogP contribution in [0.4, 0.5) is 5.69 Å².